The highest BCUT2D eigenvalue weighted by Gasteiger charge is 2.23. The minimum Gasteiger partial charge on any atom is -0.368 e. The maximum absolute atomic E-state index is 12.4. The van der Waals surface area contributed by atoms with Gasteiger partial charge in [-0.1, -0.05) is 18.2 Å². The molecule has 1 aromatic carbocycles. The molecule has 0 atom stereocenters. The molecule has 2 amide bonds. The van der Waals surface area contributed by atoms with Crippen LogP contribution in [0.1, 0.15) is 12.8 Å². The molecule has 1 N–H and O–H groups in total. The van der Waals surface area contributed by atoms with Gasteiger partial charge >= 0.3 is 0 Å². The van der Waals surface area contributed by atoms with E-state index >= 15 is 0 Å². The number of amides is 2. The molecule has 3 rings (SSSR count). The number of benzene rings is 1. The summed E-state index contributed by atoms with van der Waals surface area (Å²) in [6.07, 6.45) is 0.659. The quantitative estimate of drug-likeness (QED) is 0.876. The van der Waals surface area contributed by atoms with Gasteiger partial charge in [-0.05, 0) is 12.1 Å². The third-order valence-electron chi connectivity index (χ3n) is 4.78. The minimum absolute atomic E-state index is 0.103. The Morgan fingerprint density at radius 3 is 1.92 bits per heavy atom. The topological polar surface area (TPSA) is 55.9 Å². The Morgan fingerprint density at radius 1 is 0.792 bits per heavy atom. The summed E-state index contributed by atoms with van der Waals surface area (Å²) in [6.45, 7) is 6.36. The standard InChI is InChI=1S/C18H26N4O2/c23-17(21-10-8-19-9-11-21)6-7-18(24)22-14-12-20(13-15-22)16-4-2-1-3-5-16/h1-5,19H,6-15H2. The summed E-state index contributed by atoms with van der Waals surface area (Å²) in [5.74, 6) is 0.207. The van der Waals surface area contributed by atoms with Gasteiger partial charge in [0.15, 0.2) is 0 Å². The molecule has 2 aliphatic heterocycles. The second kappa shape index (κ2) is 8.15. The van der Waals surface area contributed by atoms with E-state index in [1.807, 2.05) is 28.0 Å². The first kappa shape index (κ1) is 16.8. The number of carbonyl (C=O) groups excluding carboxylic acids is 2. The first-order valence-corrected chi connectivity index (χ1v) is 8.80. The Kier molecular flexibility index (Phi) is 5.69. The summed E-state index contributed by atoms with van der Waals surface area (Å²) < 4.78 is 0. The van der Waals surface area contributed by atoms with Crippen LogP contribution in [0.3, 0.4) is 0 Å². The molecule has 0 bridgehead atoms. The Balaban J connectivity index is 1.41. The van der Waals surface area contributed by atoms with Crippen LogP contribution in [0.5, 0.6) is 0 Å². The van der Waals surface area contributed by atoms with E-state index in [4.69, 9.17) is 0 Å². The van der Waals surface area contributed by atoms with Crippen LogP contribution in [0.25, 0.3) is 0 Å². The fourth-order valence-corrected chi connectivity index (χ4v) is 3.30. The van der Waals surface area contributed by atoms with Gasteiger partial charge in [-0.25, -0.2) is 0 Å². The molecule has 130 valence electrons. The van der Waals surface area contributed by atoms with Crippen LogP contribution in [0, 0.1) is 0 Å². The minimum atomic E-state index is 0.103. The van der Waals surface area contributed by atoms with E-state index in [-0.39, 0.29) is 11.8 Å². The molecule has 0 unspecified atom stereocenters. The lowest BCUT2D eigenvalue weighted by Gasteiger charge is -2.36. The molecule has 2 aliphatic rings. The zero-order valence-corrected chi connectivity index (χ0v) is 14.1. The maximum atomic E-state index is 12.4. The average molecular weight is 330 g/mol. The Morgan fingerprint density at radius 2 is 1.33 bits per heavy atom. The zero-order chi connectivity index (χ0) is 16.8. The molecule has 2 heterocycles. The van der Waals surface area contributed by atoms with Crippen LogP contribution in [0.2, 0.25) is 0 Å². The molecule has 24 heavy (non-hydrogen) atoms. The number of hydrogen-bond acceptors (Lipinski definition) is 4. The van der Waals surface area contributed by atoms with Gasteiger partial charge in [-0.3, -0.25) is 9.59 Å². The smallest absolute Gasteiger partial charge is 0.223 e. The SMILES string of the molecule is O=C(CCC(=O)N1CCN(c2ccccc2)CC1)N1CCNCC1. The lowest BCUT2D eigenvalue weighted by molar-refractivity contribution is -0.137. The van der Waals surface area contributed by atoms with Crippen LogP contribution in [-0.4, -0.2) is 74.0 Å². The van der Waals surface area contributed by atoms with Gasteiger partial charge in [-0.15, -0.1) is 0 Å². The lowest BCUT2D eigenvalue weighted by atomic mass is 10.2. The fourth-order valence-electron chi connectivity index (χ4n) is 3.30. The highest BCUT2D eigenvalue weighted by atomic mass is 16.2. The van der Waals surface area contributed by atoms with Crippen LogP contribution < -0.4 is 10.2 Å². The van der Waals surface area contributed by atoms with Crippen LogP contribution in [0.4, 0.5) is 5.69 Å². The summed E-state index contributed by atoms with van der Waals surface area (Å²) in [4.78, 5) is 30.5. The predicted octanol–water partition coefficient (Wildman–Crippen LogP) is 0.547. The van der Waals surface area contributed by atoms with Crippen molar-refractivity contribution in [2.75, 3.05) is 57.3 Å². The lowest BCUT2D eigenvalue weighted by Crippen LogP contribution is -2.49. The highest BCUT2D eigenvalue weighted by Crippen LogP contribution is 2.16. The van der Waals surface area contributed by atoms with E-state index in [9.17, 15) is 9.59 Å². The first-order chi connectivity index (χ1) is 11.7. The normalized spacial score (nSPS) is 18.6. The van der Waals surface area contributed by atoms with Crippen molar-refractivity contribution in [1.29, 1.82) is 0 Å². The molecule has 1 aromatic rings. The van der Waals surface area contributed by atoms with Gasteiger partial charge in [0.25, 0.3) is 0 Å². The molecular formula is C18H26N4O2. The summed E-state index contributed by atoms with van der Waals surface area (Å²) in [6, 6.07) is 10.3. The van der Waals surface area contributed by atoms with Crippen LogP contribution in [0.15, 0.2) is 30.3 Å². The number of nitrogens with zero attached hydrogens (tertiary/aromatic N) is 3. The largest absolute Gasteiger partial charge is 0.368 e. The second-order valence-electron chi connectivity index (χ2n) is 6.33. The van der Waals surface area contributed by atoms with Crippen LogP contribution in [-0.2, 0) is 9.59 Å². The van der Waals surface area contributed by atoms with Crippen molar-refractivity contribution in [2.45, 2.75) is 12.8 Å². The van der Waals surface area contributed by atoms with Crippen molar-refractivity contribution in [3.63, 3.8) is 0 Å². The van der Waals surface area contributed by atoms with E-state index in [0.29, 0.717) is 12.8 Å². The first-order valence-electron chi connectivity index (χ1n) is 8.80. The van der Waals surface area contributed by atoms with Gasteiger partial charge in [0, 0.05) is 70.9 Å². The number of hydrogen-bond donors (Lipinski definition) is 1. The van der Waals surface area contributed by atoms with Gasteiger partial charge < -0.3 is 20.0 Å². The molecule has 0 radical (unpaired) electrons. The van der Waals surface area contributed by atoms with Crippen molar-refractivity contribution >= 4 is 17.5 Å². The van der Waals surface area contributed by atoms with Crippen molar-refractivity contribution < 1.29 is 9.59 Å². The molecule has 2 fully saturated rings. The number of nitrogens with one attached hydrogen (secondary N) is 1. The fraction of sp³-hybridized carbons (Fsp3) is 0.556. The van der Waals surface area contributed by atoms with Crippen molar-refractivity contribution in [2.24, 2.45) is 0 Å². The van der Waals surface area contributed by atoms with E-state index < -0.39 is 0 Å². The summed E-state index contributed by atoms with van der Waals surface area (Å²) in [7, 11) is 0. The summed E-state index contributed by atoms with van der Waals surface area (Å²) in [5.41, 5.74) is 1.21. The van der Waals surface area contributed by atoms with Crippen molar-refractivity contribution in [1.82, 2.24) is 15.1 Å². The number of carbonyl (C=O) groups is 2. The second-order valence-corrected chi connectivity index (χ2v) is 6.33. The summed E-state index contributed by atoms with van der Waals surface area (Å²) in [5, 5.41) is 3.23. The third-order valence-corrected chi connectivity index (χ3v) is 4.78. The highest BCUT2D eigenvalue weighted by molar-refractivity contribution is 5.84. The van der Waals surface area contributed by atoms with E-state index in [2.05, 4.69) is 22.3 Å². The molecular weight excluding hydrogens is 304 g/mol. The Bertz CT molecular complexity index is 549. The van der Waals surface area contributed by atoms with Crippen LogP contribution >= 0.6 is 0 Å². The number of piperazine rings is 2. The Hall–Kier alpha value is -2.08. The molecule has 0 spiro atoms. The van der Waals surface area contributed by atoms with Gasteiger partial charge in [-0.2, -0.15) is 0 Å². The van der Waals surface area contributed by atoms with Gasteiger partial charge in [0.2, 0.25) is 11.8 Å². The van der Waals surface area contributed by atoms with Gasteiger partial charge in [0.05, 0.1) is 0 Å². The zero-order valence-electron chi connectivity index (χ0n) is 14.1. The third kappa shape index (κ3) is 4.26. The summed E-state index contributed by atoms with van der Waals surface area (Å²) >= 11 is 0. The molecule has 2 saturated heterocycles. The van der Waals surface area contributed by atoms with E-state index in [0.717, 1.165) is 52.4 Å². The van der Waals surface area contributed by atoms with Gasteiger partial charge in [0.1, 0.15) is 0 Å². The molecule has 0 aromatic heterocycles. The number of para-hydroxylation sites is 1. The molecule has 6 nitrogen and oxygen atoms in total. The van der Waals surface area contributed by atoms with Crippen molar-refractivity contribution in [3.8, 4) is 0 Å². The predicted molar refractivity (Wildman–Crippen MR) is 93.9 cm³/mol. The van der Waals surface area contributed by atoms with Crippen molar-refractivity contribution in [3.05, 3.63) is 30.3 Å². The van der Waals surface area contributed by atoms with E-state index in [1.165, 1.54) is 5.69 Å². The Labute approximate surface area is 143 Å². The van der Waals surface area contributed by atoms with E-state index in [1.54, 1.807) is 0 Å². The number of rotatable bonds is 4. The monoisotopic (exact) mass is 330 g/mol. The average Bonchev–Trinajstić information content (AvgIpc) is 2.67. The molecule has 0 aliphatic carbocycles. The molecule has 6 heteroatoms. The maximum Gasteiger partial charge on any atom is 0.223 e. The molecule has 0 saturated carbocycles. The number of anilines is 1.